The fourth-order valence-corrected chi connectivity index (χ4v) is 25.5. The predicted octanol–water partition coefficient (Wildman–Crippen LogP) is 28.1. The van der Waals surface area contributed by atoms with E-state index in [0.717, 1.165) is 95.5 Å². The van der Waals surface area contributed by atoms with Gasteiger partial charge in [-0.25, -0.2) is 15.0 Å². The fraction of sp³-hybridized carbons (Fsp3) is 0.0672. The van der Waals surface area contributed by atoms with Crippen LogP contribution in [0.5, 0.6) is 0 Å². The van der Waals surface area contributed by atoms with Crippen molar-refractivity contribution in [2.24, 2.45) is 25.9 Å². The molecule has 126 heavy (non-hydrogen) atoms. The zero-order valence-electron chi connectivity index (χ0n) is 69.0. The first-order chi connectivity index (χ1) is 62.3. The number of hydrogen-bond donors (Lipinski definition) is 1. The lowest BCUT2D eigenvalue weighted by atomic mass is 9.51. The van der Waals surface area contributed by atoms with Crippen molar-refractivity contribution < 1.29 is 0 Å². The van der Waals surface area contributed by atoms with Crippen LogP contribution in [0.4, 0.5) is 0 Å². The molecule has 18 aromatic carbocycles. The smallest absolute Gasteiger partial charge is 0.161 e. The van der Waals surface area contributed by atoms with E-state index in [1.54, 1.807) is 0 Å². The number of rotatable bonds is 9. The average Bonchev–Trinajstić information content (AvgIpc) is 1.41. The first-order valence-electron chi connectivity index (χ1n) is 43.7. The lowest BCUT2D eigenvalue weighted by Gasteiger charge is -2.51. The normalized spacial score (nSPS) is 16.5. The summed E-state index contributed by atoms with van der Waals surface area (Å²) < 4.78 is 0. The highest BCUT2D eigenvalue weighted by Crippen LogP contribution is 2.70. The highest BCUT2D eigenvalue weighted by molar-refractivity contribution is 7.99. The van der Waals surface area contributed by atoms with Crippen molar-refractivity contribution in [2.75, 3.05) is 0 Å². The molecule has 0 saturated carbocycles. The minimum atomic E-state index is -0.797. The minimum Gasteiger partial charge on any atom is -0.282 e. The third kappa shape index (κ3) is 10.6. The lowest BCUT2D eigenvalue weighted by molar-refractivity contribution is 0.533. The van der Waals surface area contributed by atoms with Crippen LogP contribution in [0.3, 0.4) is 0 Å². The van der Waals surface area contributed by atoms with E-state index >= 15 is 0 Å². The molecule has 7 heteroatoms. The molecule has 0 fully saturated rings. The molecule has 2 unspecified atom stereocenters. The number of fused-ring (bicyclic) bond motifs is 31. The van der Waals surface area contributed by atoms with Gasteiger partial charge in [0.25, 0.3) is 0 Å². The van der Waals surface area contributed by atoms with Gasteiger partial charge in [0, 0.05) is 48.4 Å². The van der Waals surface area contributed by atoms with Gasteiger partial charge >= 0.3 is 0 Å². The van der Waals surface area contributed by atoms with Crippen molar-refractivity contribution in [3.05, 3.63) is 547 Å². The molecule has 1 N–H and O–H groups in total. The van der Waals surface area contributed by atoms with E-state index in [1.165, 1.54) is 114 Å². The van der Waals surface area contributed by atoms with E-state index in [0.29, 0.717) is 11.4 Å². The quantitative estimate of drug-likeness (QED) is 0.116. The molecule has 0 aromatic heterocycles. The van der Waals surface area contributed by atoms with E-state index in [1.807, 2.05) is 60.1 Å². The Balaban J connectivity index is 0.645. The topological polar surface area (TPSA) is 73.3 Å². The molecule has 25 rings (SSSR count). The van der Waals surface area contributed by atoms with Crippen molar-refractivity contribution in [2.45, 2.75) is 60.6 Å². The van der Waals surface area contributed by atoms with Crippen molar-refractivity contribution in [1.29, 1.82) is 5.41 Å². The Morgan fingerprint density at radius 3 is 1.30 bits per heavy atom. The second-order valence-electron chi connectivity index (χ2n) is 34.2. The van der Waals surface area contributed by atoms with Crippen LogP contribution in [-0.2, 0) is 21.7 Å². The van der Waals surface area contributed by atoms with E-state index in [-0.39, 0.29) is 17.8 Å². The summed E-state index contributed by atoms with van der Waals surface area (Å²) in [6, 6.07) is 158. The Hall–Kier alpha value is -14.7. The zero-order valence-corrected chi connectivity index (χ0v) is 70.6. The largest absolute Gasteiger partial charge is 0.282 e. The van der Waals surface area contributed by atoms with Crippen molar-refractivity contribution in [1.82, 2.24) is 0 Å². The molecule has 0 saturated heterocycles. The summed E-state index contributed by atoms with van der Waals surface area (Å²) in [7, 11) is 0. The molecule has 7 aliphatic rings. The number of nitrogens with zero attached hydrogens (tertiary/aromatic N) is 4. The average molecular weight is 1640 g/mol. The van der Waals surface area contributed by atoms with E-state index in [9.17, 15) is 5.41 Å². The number of aliphatic imine (C=N–C) groups is 4. The SMILES string of the molecule is CCC1C(c2ccccc2)=NC(c2ccc3c(c2)C2(c4ccccc4-3)c3ccccc3C3(c4ccccc4Sc4ccccc43)c3ccccc32)=NC1c1ccccc1-c1cccc(-c2ccc3c(c2)-c2cc(C(=N)N=C(N=Cc4ccc5ccccc5c4)c4ccccc4)ccc2C32c3ccccc3C3(c4ccccc4Sc4ccccc43)c3ccccc32)c1. The van der Waals surface area contributed by atoms with Crippen LogP contribution in [0.25, 0.3) is 55.3 Å². The molecule has 0 bridgehead atoms. The van der Waals surface area contributed by atoms with Crippen LogP contribution in [0.1, 0.15) is 142 Å². The summed E-state index contributed by atoms with van der Waals surface area (Å²) in [5.41, 5.74) is 33.2. The van der Waals surface area contributed by atoms with Crippen molar-refractivity contribution in [3.8, 4) is 44.5 Å². The van der Waals surface area contributed by atoms with Crippen LogP contribution in [0, 0.1) is 11.3 Å². The Kier molecular flexibility index (Phi) is 17.0. The predicted molar refractivity (Wildman–Crippen MR) is 518 cm³/mol. The van der Waals surface area contributed by atoms with Gasteiger partial charge in [0.05, 0.1) is 33.4 Å². The maximum atomic E-state index is 10.2. The summed E-state index contributed by atoms with van der Waals surface area (Å²) in [5.74, 6) is 1.22. The summed E-state index contributed by atoms with van der Waals surface area (Å²) in [5, 5.41) is 12.5. The third-order valence-electron chi connectivity index (χ3n) is 28.1. The van der Waals surface area contributed by atoms with Gasteiger partial charge in [-0.05, 0) is 222 Å². The van der Waals surface area contributed by atoms with Crippen LogP contribution < -0.4 is 0 Å². The van der Waals surface area contributed by atoms with Gasteiger partial charge in [0.1, 0.15) is 0 Å². The summed E-state index contributed by atoms with van der Waals surface area (Å²) in [4.78, 5) is 27.3. The van der Waals surface area contributed by atoms with Crippen molar-refractivity contribution >= 4 is 63.7 Å². The zero-order chi connectivity index (χ0) is 83.4. The molecule has 0 radical (unpaired) electrons. The molecule has 3 aliphatic heterocycles. The fourth-order valence-electron chi connectivity index (χ4n) is 23.1. The first-order valence-corrected chi connectivity index (χ1v) is 45.3. The molecule has 18 aromatic rings. The molecular weight excluding hydrogens is 1560 g/mol. The molecule has 4 spiro atoms. The Bertz CT molecular complexity index is 7590. The first kappa shape index (κ1) is 73.9. The Morgan fingerprint density at radius 2 is 0.730 bits per heavy atom. The minimum absolute atomic E-state index is 0.0705. The molecule has 5 nitrogen and oxygen atoms in total. The highest BCUT2D eigenvalue weighted by Gasteiger charge is 2.61. The Labute approximate surface area is 741 Å². The lowest BCUT2D eigenvalue weighted by Crippen LogP contribution is -2.45. The molecule has 0 amide bonds. The van der Waals surface area contributed by atoms with E-state index < -0.39 is 21.7 Å². The van der Waals surface area contributed by atoms with Gasteiger partial charge in [0.2, 0.25) is 0 Å². The van der Waals surface area contributed by atoms with Crippen LogP contribution in [0.2, 0.25) is 0 Å². The van der Waals surface area contributed by atoms with Crippen LogP contribution >= 0.6 is 23.5 Å². The monoisotopic (exact) mass is 1640 g/mol. The van der Waals surface area contributed by atoms with Gasteiger partial charge in [-0.15, -0.1) is 0 Å². The standard InChI is InChI=1S/C119H79N5S2/c1-2-84-111(76-33-5-3-6-34-76)122-115(83-62-65-87-86-41-13-14-43-91(86)117(106(87)72-83)96-46-17-21-50-100(96)119(101-51-22-18-47-97(101)117)104-54-25-29-58-109(104)126-110-59-30-26-55-105(110)119)123-112(84)88-42-12-11-40-85(88)81-39-31-38-79(69-81)80-63-66-92-89(70-80)90-71-82(113(120)124-114(77-35-7-4-8-36-77)121-73-74-60-61-75-32-9-10-37-78(75)68-74)64-67-93(90)116(92)94-44-15-19-48-98(94)118(99-49-20-16-45-95(99)116)102-52-23-27-56-107(102)125-108-57-28-24-53-103(108)118/h3-73,84,112,120H,2H2,1H3. The van der Waals surface area contributed by atoms with Crippen LogP contribution in [-0.4, -0.2) is 29.4 Å². The van der Waals surface area contributed by atoms with Gasteiger partial charge in [-0.3, -0.25) is 10.4 Å². The van der Waals surface area contributed by atoms with Gasteiger partial charge in [-0.1, -0.05) is 400 Å². The second-order valence-corrected chi connectivity index (χ2v) is 36.3. The summed E-state index contributed by atoms with van der Waals surface area (Å²) in [6.07, 6.45) is 2.68. The van der Waals surface area contributed by atoms with Crippen molar-refractivity contribution in [3.63, 3.8) is 0 Å². The molecule has 3 heterocycles. The van der Waals surface area contributed by atoms with Gasteiger partial charge in [0.15, 0.2) is 17.5 Å². The number of amidine groups is 3. The molecule has 2 atom stereocenters. The van der Waals surface area contributed by atoms with E-state index in [2.05, 4.69) is 401 Å². The Morgan fingerprint density at radius 1 is 0.310 bits per heavy atom. The molecule has 4 aliphatic carbocycles. The van der Waals surface area contributed by atoms with E-state index in [4.69, 9.17) is 20.0 Å². The van der Waals surface area contributed by atoms with Gasteiger partial charge in [-0.2, -0.15) is 0 Å². The maximum absolute atomic E-state index is 10.2. The number of hydrogen-bond acceptors (Lipinski definition) is 5. The third-order valence-corrected chi connectivity index (χ3v) is 30.4. The number of benzene rings is 18. The summed E-state index contributed by atoms with van der Waals surface area (Å²) >= 11 is 3.75. The second kappa shape index (κ2) is 28.9. The number of nitrogens with one attached hydrogen (secondary N) is 1. The van der Waals surface area contributed by atoms with Crippen LogP contribution in [0.15, 0.2) is 464 Å². The highest BCUT2D eigenvalue weighted by atomic mass is 32.2. The molecule has 592 valence electrons. The van der Waals surface area contributed by atoms with Gasteiger partial charge < -0.3 is 0 Å². The summed E-state index contributed by atoms with van der Waals surface area (Å²) in [6.45, 7) is 2.30. The molecular formula is C119H79N5S2. The maximum Gasteiger partial charge on any atom is 0.161 e.